The van der Waals surface area contributed by atoms with Gasteiger partial charge < -0.3 is 14.4 Å². The monoisotopic (exact) mass is 408 g/mol. The molecule has 28 heavy (non-hydrogen) atoms. The van der Waals surface area contributed by atoms with Gasteiger partial charge in [0.1, 0.15) is 0 Å². The molecule has 0 N–H and O–H groups in total. The summed E-state index contributed by atoms with van der Waals surface area (Å²) in [5.74, 6) is 0.897. The van der Waals surface area contributed by atoms with E-state index < -0.39 is 10.0 Å². The SMILES string of the molecule is C=C1CCN(C(=O)C2CCN(S(=O)(=O)c3ccc(OC)c(OC)c3)CC2)CC1. The van der Waals surface area contributed by atoms with Gasteiger partial charge in [-0.2, -0.15) is 4.31 Å². The van der Waals surface area contributed by atoms with Crippen LogP contribution in [0.2, 0.25) is 0 Å². The molecule has 0 spiro atoms. The van der Waals surface area contributed by atoms with E-state index in [2.05, 4.69) is 6.58 Å². The molecule has 0 aromatic heterocycles. The molecule has 154 valence electrons. The summed E-state index contributed by atoms with van der Waals surface area (Å²) in [6.07, 6.45) is 2.81. The van der Waals surface area contributed by atoms with Gasteiger partial charge in [-0.1, -0.05) is 12.2 Å². The first-order valence-corrected chi connectivity index (χ1v) is 11.0. The molecule has 7 nitrogen and oxygen atoms in total. The van der Waals surface area contributed by atoms with Gasteiger partial charge in [0, 0.05) is 38.2 Å². The highest BCUT2D eigenvalue weighted by Gasteiger charge is 2.34. The second kappa shape index (κ2) is 8.53. The topological polar surface area (TPSA) is 76.2 Å². The molecule has 2 fully saturated rings. The predicted octanol–water partition coefficient (Wildman–Crippen LogP) is 2.28. The Hall–Kier alpha value is -2.06. The molecule has 0 aliphatic carbocycles. The van der Waals surface area contributed by atoms with Gasteiger partial charge in [0.25, 0.3) is 0 Å². The molecule has 1 amide bonds. The summed E-state index contributed by atoms with van der Waals surface area (Å²) in [5, 5.41) is 0. The number of carbonyl (C=O) groups is 1. The fraction of sp³-hybridized carbons (Fsp3) is 0.550. The third-order valence-corrected chi connectivity index (χ3v) is 7.47. The molecule has 3 rings (SSSR count). The van der Waals surface area contributed by atoms with Crippen molar-refractivity contribution < 1.29 is 22.7 Å². The van der Waals surface area contributed by atoms with Crippen LogP contribution in [0.4, 0.5) is 0 Å². The quantitative estimate of drug-likeness (QED) is 0.699. The summed E-state index contributed by atoms with van der Waals surface area (Å²) in [6.45, 7) is 6.11. The van der Waals surface area contributed by atoms with Crippen molar-refractivity contribution >= 4 is 15.9 Å². The maximum atomic E-state index is 13.0. The number of ether oxygens (including phenoxy) is 2. The summed E-state index contributed by atoms with van der Waals surface area (Å²) >= 11 is 0. The fourth-order valence-corrected chi connectivity index (χ4v) is 5.26. The average molecular weight is 409 g/mol. The summed E-state index contributed by atoms with van der Waals surface area (Å²) in [4.78, 5) is 14.8. The zero-order valence-corrected chi connectivity index (χ0v) is 17.3. The first kappa shape index (κ1) is 20.7. The minimum atomic E-state index is -3.64. The smallest absolute Gasteiger partial charge is 0.243 e. The van der Waals surface area contributed by atoms with E-state index in [0.29, 0.717) is 37.4 Å². The van der Waals surface area contributed by atoms with Crippen molar-refractivity contribution in [2.45, 2.75) is 30.6 Å². The third-order valence-electron chi connectivity index (χ3n) is 5.58. The molecule has 1 aromatic rings. The van der Waals surface area contributed by atoms with E-state index in [1.807, 2.05) is 4.90 Å². The van der Waals surface area contributed by atoms with Crippen molar-refractivity contribution in [3.05, 3.63) is 30.4 Å². The maximum Gasteiger partial charge on any atom is 0.243 e. The number of rotatable bonds is 5. The van der Waals surface area contributed by atoms with Crippen LogP contribution >= 0.6 is 0 Å². The zero-order valence-electron chi connectivity index (χ0n) is 16.5. The largest absolute Gasteiger partial charge is 0.493 e. The van der Waals surface area contributed by atoms with Crippen LogP contribution in [0.15, 0.2) is 35.2 Å². The molecule has 8 heteroatoms. The van der Waals surface area contributed by atoms with E-state index in [4.69, 9.17) is 9.47 Å². The van der Waals surface area contributed by atoms with Gasteiger partial charge in [-0.3, -0.25) is 4.79 Å². The highest BCUT2D eigenvalue weighted by molar-refractivity contribution is 7.89. The standard InChI is InChI=1S/C20H28N2O5S/c1-15-6-10-21(11-7-15)20(23)16-8-12-22(13-9-16)28(24,25)17-4-5-18(26-2)19(14-17)27-3/h4-5,14,16H,1,6-13H2,2-3H3. The highest BCUT2D eigenvalue weighted by atomic mass is 32.2. The van der Waals surface area contributed by atoms with Gasteiger partial charge in [-0.05, 0) is 37.8 Å². The lowest BCUT2D eigenvalue weighted by molar-refractivity contribution is -0.137. The molecule has 0 bridgehead atoms. The Bertz CT molecular complexity index is 834. The molecule has 0 saturated carbocycles. The molecule has 2 aliphatic rings. The number of nitrogens with zero attached hydrogens (tertiary/aromatic N) is 2. The lowest BCUT2D eigenvalue weighted by atomic mass is 9.95. The second-order valence-electron chi connectivity index (χ2n) is 7.27. The van der Waals surface area contributed by atoms with Crippen LogP contribution in [0.1, 0.15) is 25.7 Å². The van der Waals surface area contributed by atoms with Crippen LogP contribution < -0.4 is 9.47 Å². The van der Waals surface area contributed by atoms with Crippen LogP contribution in [0.25, 0.3) is 0 Å². The molecule has 2 saturated heterocycles. The van der Waals surface area contributed by atoms with E-state index in [0.717, 1.165) is 25.9 Å². The number of methoxy groups -OCH3 is 2. The van der Waals surface area contributed by atoms with Gasteiger partial charge in [-0.25, -0.2) is 8.42 Å². The molecular weight excluding hydrogens is 380 g/mol. The lowest BCUT2D eigenvalue weighted by Gasteiger charge is -2.35. The summed E-state index contributed by atoms with van der Waals surface area (Å²) in [7, 11) is -0.660. The Morgan fingerprint density at radius 1 is 1.04 bits per heavy atom. The molecule has 2 aliphatic heterocycles. The molecule has 0 radical (unpaired) electrons. The van der Waals surface area contributed by atoms with Crippen molar-refractivity contribution in [3.63, 3.8) is 0 Å². The van der Waals surface area contributed by atoms with Crippen LogP contribution in [-0.2, 0) is 14.8 Å². The van der Waals surface area contributed by atoms with E-state index in [1.165, 1.54) is 36.2 Å². The fourth-order valence-electron chi connectivity index (χ4n) is 3.77. The van der Waals surface area contributed by atoms with Crippen molar-refractivity contribution in [2.75, 3.05) is 40.4 Å². The van der Waals surface area contributed by atoms with Crippen molar-refractivity contribution in [2.24, 2.45) is 5.92 Å². The van der Waals surface area contributed by atoms with Crippen molar-refractivity contribution in [1.29, 1.82) is 0 Å². The first-order valence-electron chi connectivity index (χ1n) is 9.54. The zero-order chi connectivity index (χ0) is 20.3. The van der Waals surface area contributed by atoms with Gasteiger partial charge in [0.05, 0.1) is 19.1 Å². The van der Waals surface area contributed by atoms with Crippen LogP contribution in [0, 0.1) is 5.92 Å². The van der Waals surface area contributed by atoms with E-state index in [-0.39, 0.29) is 16.7 Å². The predicted molar refractivity (Wildman–Crippen MR) is 106 cm³/mol. The first-order chi connectivity index (χ1) is 13.4. The summed E-state index contributed by atoms with van der Waals surface area (Å²) in [5.41, 5.74) is 1.19. The number of benzene rings is 1. The number of piperidine rings is 2. The number of likely N-dealkylation sites (tertiary alicyclic amines) is 1. The van der Waals surface area contributed by atoms with E-state index in [1.54, 1.807) is 6.07 Å². The van der Waals surface area contributed by atoms with E-state index >= 15 is 0 Å². The molecule has 0 atom stereocenters. The molecule has 2 heterocycles. The van der Waals surface area contributed by atoms with Crippen molar-refractivity contribution in [3.8, 4) is 11.5 Å². The van der Waals surface area contributed by atoms with Crippen LogP contribution in [0.5, 0.6) is 11.5 Å². The minimum absolute atomic E-state index is 0.108. The third kappa shape index (κ3) is 4.17. The Balaban J connectivity index is 1.65. The number of amides is 1. The maximum absolute atomic E-state index is 13.0. The van der Waals surface area contributed by atoms with Gasteiger partial charge >= 0.3 is 0 Å². The van der Waals surface area contributed by atoms with Gasteiger partial charge in [0.15, 0.2) is 11.5 Å². The average Bonchev–Trinajstić information content (AvgIpc) is 2.73. The van der Waals surface area contributed by atoms with Crippen LogP contribution in [0.3, 0.4) is 0 Å². The summed E-state index contributed by atoms with van der Waals surface area (Å²) in [6, 6.07) is 4.59. The number of carbonyl (C=O) groups excluding carboxylic acids is 1. The Labute approximate surface area is 167 Å². The summed E-state index contributed by atoms with van der Waals surface area (Å²) < 4.78 is 37.8. The normalized spacial score (nSPS) is 19.5. The lowest BCUT2D eigenvalue weighted by Crippen LogP contribution is -2.45. The second-order valence-corrected chi connectivity index (χ2v) is 9.21. The Kier molecular flexibility index (Phi) is 6.30. The minimum Gasteiger partial charge on any atom is -0.493 e. The Morgan fingerprint density at radius 2 is 1.64 bits per heavy atom. The highest BCUT2D eigenvalue weighted by Crippen LogP contribution is 2.32. The molecule has 0 unspecified atom stereocenters. The number of hydrogen-bond acceptors (Lipinski definition) is 5. The van der Waals surface area contributed by atoms with Gasteiger partial charge in [0.2, 0.25) is 15.9 Å². The molecule has 1 aromatic carbocycles. The molecular formula is C20H28N2O5S. The Morgan fingerprint density at radius 3 is 2.21 bits per heavy atom. The van der Waals surface area contributed by atoms with Crippen LogP contribution in [-0.4, -0.2) is 63.9 Å². The van der Waals surface area contributed by atoms with Gasteiger partial charge in [-0.15, -0.1) is 0 Å². The number of sulfonamides is 1. The number of hydrogen-bond donors (Lipinski definition) is 0. The van der Waals surface area contributed by atoms with Crippen molar-refractivity contribution in [1.82, 2.24) is 9.21 Å². The van der Waals surface area contributed by atoms with E-state index in [9.17, 15) is 13.2 Å².